The fourth-order valence-electron chi connectivity index (χ4n) is 7.83. The van der Waals surface area contributed by atoms with Gasteiger partial charge in [-0.25, -0.2) is 0 Å². The summed E-state index contributed by atoms with van der Waals surface area (Å²) < 4.78 is 5.93. The number of allylic oxidation sites excluding steroid dienone is 10. The fraction of sp³-hybridized carbons (Fsp3) is 0.786. The molecule has 3 atom stereocenters. The van der Waals surface area contributed by atoms with E-state index in [9.17, 15) is 19.8 Å². The van der Waals surface area contributed by atoms with E-state index in [1.165, 1.54) is 109 Å². The van der Waals surface area contributed by atoms with Crippen LogP contribution >= 0.6 is 0 Å². The normalized spacial score (nSPS) is 13.7. The van der Waals surface area contributed by atoms with Crippen LogP contribution in [-0.2, 0) is 14.3 Å². The van der Waals surface area contributed by atoms with E-state index < -0.39 is 18.2 Å². The highest BCUT2D eigenvalue weighted by atomic mass is 16.5. The minimum atomic E-state index is -0.795. The SMILES string of the molecule is CC/C=C/C/C=C/C/C=C/CCCCCCC(=O)OC(CCCCCCCCC/C=C\C/C=C\CCCCC)CC(=O)NC(CO)C(O)CCCCCCCCCCCCCC. The number of carbonyl (C=O) groups excluding carboxylic acids is 2. The quantitative estimate of drug-likeness (QED) is 0.0322. The molecule has 6 heteroatoms. The first-order chi connectivity index (χ1) is 30.5. The highest BCUT2D eigenvalue weighted by Crippen LogP contribution is 2.18. The Balaban J connectivity index is 4.63. The van der Waals surface area contributed by atoms with Crippen molar-refractivity contribution in [2.45, 2.75) is 277 Å². The van der Waals surface area contributed by atoms with Gasteiger partial charge >= 0.3 is 5.97 Å². The lowest BCUT2D eigenvalue weighted by Crippen LogP contribution is -2.46. The number of ether oxygens (including phenoxy) is 1. The molecular formula is C56H101NO5. The van der Waals surface area contributed by atoms with E-state index in [0.717, 1.165) is 103 Å². The molecule has 0 radical (unpaired) electrons. The third-order valence-corrected chi connectivity index (χ3v) is 11.8. The van der Waals surface area contributed by atoms with E-state index in [1.54, 1.807) is 0 Å². The molecule has 6 nitrogen and oxygen atoms in total. The van der Waals surface area contributed by atoms with Crippen LogP contribution < -0.4 is 5.32 Å². The largest absolute Gasteiger partial charge is 0.462 e. The van der Waals surface area contributed by atoms with Crippen molar-refractivity contribution in [3.63, 3.8) is 0 Å². The van der Waals surface area contributed by atoms with Crippen molar-refractivity contribution in [3.05, 3.63) is 60.8 Å². The van der Waals surface area contributed by atoms with Gasteiger partial charge in [0.15, 0.2) is 0 Å². The maximum absolute atomic E-state index is 13.2. The van der Waals surface area contributed by atoms with Crippen LogP contribution in [0, 0.1) is 0 Å². The van der Waals surface area contributed by atoms with E-state index >= 15 is 0 Å². The van der Waals surface area contributed by atoms with Gasteiger partial charge in [-0.05, 0) is 89.9 Å². The number of rotatable bonds is 47. The topological polar surface area (TPSA) is 95.9 Å². The first-order valence-electron chi connectivity index (χ1n) is 26.5. The Kier molecular flexibility index (Phi) is 47.6. The molecule has 0 heterocycles. The van der Waals surface area contributed by atoms with E-state index in [4.69, 9.17) is 4.74 Å². The van der Waals surface area contributed by atoms with E-state index in [2.05, 4.69) is 86.8 Å². The number of aliphatic hydroxyl groups is 2. The molecule has 360 valence electrons. The van der Waals surface area contributed by atoms with E-state index in [0.29, 0.717) is 19.3 Å². The summed E-state index contributed by atoms with van der Waals surface area (Å²) in [6.07, 6.45) is 61.3. The fourth-order valence-corrected chi connectivity index (χ4v) is 7.83. The summed E-state index contributed by atoms with van der Waals surface area (Å²) in [7, 11) is 0. The molecule has 0 aliphatic heterocycles. The van der Waals surface area contributed by atoms with Gasteiger partial charge in [-0.3, -0.25) is 9.59 Å². The first kappa shape index (κ1) is 59.6. The zero-order valence-electron chi connectivity index (χ0n) is 41.0. The Hall–Kier alpha value is -2.44. The number of hydrogen-bond acceptors (Lipinski definition) is 5. The molecule has 0 aromatic carbocycles. The third-order valence-electron chi connectivity index (χ3n) is 11.8. The predicted octanol–water partition coefficient (Wildman–Crippen LogP) is 16.0. The van der Waals surface area contributed by atoms with Crippen molar-refractivity contribution >= 4 is 11.9 Å². The molecule has 0 rings (SSSR count). The van der Waals surface area contributed by atoms with E-state index in [1.807, 2.05) is 0 Å². The standard InChI is InChI=1S/C56H101NO5/c1-4-7-10-13-16-19-22-25-27-28-29-30-32-35-38-41-44-47-52(62-56(61)49-46-43-40-37-34-31-26-23-20-17-14-11-8-5-2)50-55(60)57-53(51-58)54(59)48-45-42-39-36-33-24-21-18-15-12-9-6-3/h8,11,16-17,19-20,25-27,31,52-54,58-59H,4-7,9-10,12-15,18,21-24,28-30,32-51H2,1-3H3,(H,57,60)/b11-8+,19-16-,20-17+,27-25-,31-26+. The molecule has 0 aliphatic carbocycles. The smallest absolute Gasteiger partial charge is 0.306 e. The van der Waals surface area contributed by atoms with Crippen LogP contribution in [0.15, 0.2) is 60.8 Å². The molecule has 3 unspecified atom stereocenters. The van der Waals surface area contributed by atoms with Crippen molar-refractivity contribution < 1.29 is 24.5 Å². The Labute approximate surface area is 384 Å². The Bertz CT molecular complexity index is 1110. The number of carbonyl (C=O) groups is 2. The highest BCUT2D eigenvalue weighted by Gasteiger charge is 2.24. The number of nitrogens with one attached hydrogen (secondary N) is 1. The van der Waals surface area contributed by atoms with Crippen molar-refractivity contribution in [2.75, 3.05) is 6.61 Å². The molecule has 0 saturated heterocycles. The minimum absolute atomic E-state index is 0.0622. The number of aliphatic hydroxyl groups excluding tert-OH is 2. The summed E-state index contributed by atoms with van der Waals surface area (Å²) in [6.45, 7) is 6.34. The Morgan fingerprint density at radius 1 is 0.484 bits per heavy atom. The van der Waals surface area contributed by atoms with Crippen molar-refractivity contribution in [2.24, 2.45) is 0 Å². The summed E-state index contributed by atoms with van der Waals surface area (Å²) >= 11 is 0. The monoisotopic (exact) mass is 868 g/mol. The van der Waals surface area contributed by atoms with Crippen LogP contribution in [0.1, 0.15) is 258 Å². The highest BCUT2D eigenvalue weighted by molar-refractivity contribution is 5.77. The average Bonchev–Trinajstić information content (AvgIpc) is 3.26. The summed E-state index contributed by atoms with van der Waals surface area (Å²) in [4.78, 5) is 26.2. The van der Waals surface area contributed by atoms with Gasteiger partial charge in [0.25, 0.3) is 0 Å². The van der Waals surface area contributed by atoms with Crippen LogP contribution in [0.2, 0.25) is 0 Å². The maximum Gasteiger partial charge on any atom is 0.306 e. The van der Waals surface area contributed by atoms with Crippen LogP contribution in [-0.4, -0.2) is 46.9 Å². The number of esters is 1. The van der Waals surface area contributed by atoms with Gasteiger partial charge in [-0.1, -0.05) is 216 Å². The zero-order valence-corrected chi connectivity index (χ0v) is 41.0. The van der Waals surface area contributed by atoms with Crippen molar-refractivity contribution in [1.29, 1.82) is 0 Å². The number of amides is 1. The molecule has 3 N–H and O–H groups in total. The van der Waals surface area contributed by atoms with Gasteiger partial charge in [0.05, 0.1) is 25.2 Å². The van der Waals surface area contributed by atoms with Gasteiger partial charge in [0.2, 0.25) is 5.91 Å². The molecule has 62 heavy (non-hydrogen) atoms. The average molecular weight is 868 g/mol. The maximum atomic E-state index is 13.2. The van der Waals surface area contributed by atoms with Gasteiger partial charge < -0.3 is 20.3 Å². The van der Waals surface area contributed by atoms with Crippen molar-refractivity contribution in [3.8, 4) is 0 Å². The van der Waals surface area contributed by atoms with Crippen LogP contribution in [0.5, 0.6) is 0 Å². The molecule has 0 spiro atoms. The molecule has 0 aromatic heterocycles. The van der Waals surface area contributed by atoms with E-state index in [-0.39, 0.29) is 24.9 Å². The summed E-state index contributed by atoms with van der Waals surface area (Å²) in [5, 5.41) is 23.8. The van der Waals surface area contributed by atoms with Crippen LogP contribution in [0.3, 0.4) is 0 Å². The molecule has 0 bridgehead atoms. The van der Waals surface area contributed by atoms with Crippen LogP contribution in [0.25, 0.3) is 0 Å². The first-order valence-corrected chi connectivity index (χ1v) is 26.5. The molecule has 0 aromatic rings. The molecule has 1 amide bonds. The summed E-state index contributed by atoms with van der Waals surface area (Å²) in [6, 6.07) is -0.710. The second-order valence-corrected chi connectivity index (χ2v) is 17.9. The second kappa shape index (κ2) is 49.6. The van der Waals surface area contributed by atoms with Gasteiger partial charge in [-0.15, -0.1) is 0 Å². The Morgan fingerprint density at radius 2 is 0.871 bits per heavy atom. The van der Waals surface area contributed by atoms with Gasteiger partial charge in [-0.2, -0.15) is 0 Å². The third kappa shape index (κ3) is 44.2. The summed E-state index contributed by atoms with van der Waals surface area (Å²) in [5.74, 6) is -0.504. The predicted molar refractivity (Wildman–Crippen MR) is 268 cm³/mol. The lowest BCUT2D eigenvalue weighted by Gasteiger charge is -2.24. The van der Waals surface area contributed by atoms with Gasteiger partial charge in [0.1, 0.15) is 6.10 Å². The zero-order chi connectivity index (χ0) is 45.2. The lowest BCUT2D eigenvalue weighted by molar-refractivity contribution is -0.151. The molecule has 0 fully saturated rings. The number of unbranched alkanes of at least 4 members (excludes halogenated alkanes) is 25. The lowest BCUT2D eigenvalue weighted by atomic mass is 10.0. The molecule has 0 saturated carbocycles. The summed E-state index contributed by atoms with van der Waals surface area (Å²) in [5.41, 5.74) is 0. The Morgan fingerprint density at radius 3 is 1.35 bits per heavy atom. The number of hydrogen-bond donors (Lipinski definition) is 3. The van der Waals surface area contributed by atoms with Gasteiger partial charge in [0, 0.05) is 6.42 Å². The van der Waals surface area contributed by atoms with Crippen molar-refractivity contribution in [1.82, 2.24) is 5.32 Å². The van der Waals surface area contributed by atoms with Crippen LogP contribution in [0.4, 0.5) is 0 Å². The molecule has 0 aliphatic rings. The second-order valence-electron chi connectivity index (χ2n) is 17.9. The minimum Gasteiger partial charge on any atom is -0.462 e. The molecular weight excluding hydrogens is 767 g/mol.